The van der Waals surface area contributed by atoms with Crippen molar-refractivity contribution in [3.05, 3.63) is 53.3 Å². The van der Waals surface area contributed by atoms with Crippen molar-refractivity contribution in [3.63, 3.8) is 0 Å². The smallest absolute Gasteiger partial charge is 0.227 e. The van der Waals surface area contributed by atoms with Gasteiger partial charge in [0.2, 0.25) is 22.5 Å². The minimum absolute atomic E-state index is 0.00373. The quantitative estimate of drug-likeness (QED) is 0.0682. The van der Waals surface area contributed by atoms with Gasteiger partial charge in [0.25, 0.3) is 0 Å². The zero-order chi connectivity index (χ0) is 48.2. The molecule has 0 radical (unpaired) electrons. The van der Waals surface area contributed by atoms with E-state index in [1.807, 2.05) is 0 Å². The van der Waals surface area contributed by atoms with Crippen LogP contribution in [0.1, 0.15) is 99.8 Å². The molecule has 4 aliphatic rings. The average Bonchev–Trinajstić information content (AvgIpc) is 4.24. The van der Waals surface area contributed by atoms with E-state index in [0.717, 1.165) is 51.4 Å². The molecule has 0 amide bonds. The topological polar surface area (TPSA) is 357 Å². The molecule has 10 atom stereocenters. The van der Waals surface area contributed by atoms with Gasteiger partial charge in [0.1, 0.15) is 54.2 Å². The van der Waals surface area contributed by atoms with Gasteiger partial charge < -0.3 is 61.0 Å². The summed E-state index contributed by atoms with van der Waals surface area (Å²) in [6.45, 7) is -0.579. The van der Waals surface area contributed by atoms with E-state index in [1.165, 1.54) is 28.3 Å². The monoisotopic (exact) mass is 1000 g/mol. The zero-order valence-electron chi connectivity index (χ0n) is 37.3. The second-order valence-electron chi connectivity index (χ2n) is 18.5. The fourth-order valence-electron chi connectivity index (χ4n) is 10.6. The van der Waals surface area contributed by atoms with E-state index >= 15 is 0 Å². The molecule has 0 aliphatic heterocycles. The second kappa shape index (κ2) is 19.3. The van der Waals surface area contributed by atoms with Gasteiger partial charge in [-0.2, -0.15) is 54.9 Å². The van der Waals surface area contributed by atoms with Crippen LogP contribution in [-0.4, -0.2) is 163 Å². The Morgan fingerprint density at radius 1 is 0.514 bits per heavy atom. The number of aliphatic hydroxyl groups excluding tert-OH is 6. The molecule has 29 heteroatoms. The molecule has 0 unspecified atom stereocenters. The third kappa shape index (κ3) is 8.99. The van der Waals surface area contributed by atoms with Gasteiger partial charge in [-0.3, -0.25) is 0 Å². The van der Waals surface area contributed by atoms with E-state index in [4.69, 9.17) is 28.2 Å². The molecular weight excluding hydrogens is 953 g/mol. The lowest BCUT2D eigenvalue weighted by atomic mass is 9.91. The molecule has 4 saturated carbocycles. The van der Waals surface area contributed by atoms with Crippen LogP contribution in [0.2, 0.25) is 10.6 Å². The van der Waals surface area contributed by atoms with Crippen molar-refractivity contribution >= 4 is 69.1 Å². The van der Waals surface area contributed by atoms with Crippen LogP contribution in [0.25, 0.3) is 22.3 Å². The highest BCUT2D eigenvalue weighted by molar-refractivity contribution is 6.29. The third-order valence-corrected chi connectivity index (χ3v) is 14.4. The van der Waals surface area contributed by atoms with Gasteiger partial charge >= 0.3 is 0 Å². The summed E-state index contributed by atoms with van der Waals surface area (Å²) >= 11 is 12.9. The molecule has 10 N–H and O–H groups in total. The molecule has 370 valence electrons. The van der Waals surface area contributed by atoms with Crippen molar-refractivity contribution < 1.29 is 30.6 Å². The Hall–Kier alpha value is -6.07. The van der Waals surface area contributed by atoms with Crippen LogP contribution >= 0.6 is 23.2 Å². The summed E-state index contributed by atoms with van der Waals surface area (Å²) in [5.41, 5.74) is 2.52. The Bertz CT molecular complexity index is 2960. The minimum atomic E-state index is -1.17. The third-order valence-electron chi connectivity index (χ3n) is 14.1. The number of imidazole rings is 2. The van der Waals surface area contributed by atoms with Crippen LogP contribution in [0.5, 0.6) is 0 Å². The first-order chi connectivity index (χ1) is 34.0. The van der Waals surface area contributed by atoms with Crippen molar-refractivity contribution in [2.75, 3.05) is 21.3 Å². The van der Waals surface area contributed by atoms with Crippen LogP contribution in [0.4, 0.5) is 23.5 Å². The summed E-state index contributed by atoms with van der Waals surface area (Å²) < 4.78 is 3.41. The van der Waals surface area contributed by atoms with Crippen LogP contribution in [0.3, 0.4) is 0 Å². The molecule has 70 heavy (non-hydrogen) atoms. The van der Waals surface area contributed by atoms with Gasteiger partial charge in [-0.05, 0) is 87.4 Å². The van der Waals surface area contributed by atoms with Crippen LogP contribution in [0, 0.1) is 0 Å². The Morgan fingerprint density at radius 2 is 0.957 bits per heavy atom. The number of halogens is 2. The van der Waals surface area contributed by atoms with Crippen LogP contribution in [0.15, 0.2) is 31.4 Å². The van der Waals surface area contributed by atoms with Crippen LogP contribution < -0.4 is 21.3 Å². The van der Waals surface area contributed by atoms with Gasteiger partial charge in [0.15, 0.2) is 34.0 Å². The Labute approximate surface area is 407 Å². The van der Waals surface area contributed by atoms with E-state index in [0.29, 0.717) is 57.2 Å². The highest BCUT2D eigenvalue weighted by Gasteiger charge is 2.47. The first kappa shape index (κ1) is 46.3. The average molecular weight is 1000 g/mol. The van der Waals surface area contributed by atoms with Gasteiger partial charge in [-0.25, -0.2) is 19.9 Å². The summed E-state index contributed by atoms with van der Waals surface area (Å²) in [6, 6.07) is -2.23. The lowest BCUT2D eigenvalue weighted by molar-refractivity contribution is 0.00491. The normalized spacial score (nSPS) is 29.3. The molecule has 4 fully saturated rings. The maximum atomic E-state index is 11.1. The summed E-state index contributed by atoms with van der Waals surface area (Å²) in [5, 5.41) is 93.9. The Kier molecular flexibility index (Phi) is 12.7. The van der Waals surface area contributed by atoms with Gasteiger partial charge in [-0.15, -0.1) is 0 Å². The zero-order valence-corrected chi connectivity index (χ0v) is 38.9. The number of aliphatic hydroxyl groups is 6. The summed E-state index contributed by atoms with van der Waals surface area (Å²) in [6.07, 6.45) is 10.1. The molecular formula is C41H51Cl2N21O6. The van der Waals surface area contributed by atoms with E-state index in [1.54, 1.807) is 21.8 Å². The van der Waals surface area contributed by atoms with Crippen molar-refractivity contribution in [1.29, 1.82) is 0 Å². The Morgan fingerprint density at radius 3 is 1.44 bits per heavy atom. The van der Waals surface area contributed by atoms with Gasteiger partial charge in [0, 0.05) is 24.2 Å². The fourth-order valence-corrected chi connectivity index (χ4v) is 10.9. The summed E-state index contributed by atoms with van der Waals surface area (Å²) in [7, 11) is 0. The number of nitrogens with one attached hydrogen (secondary N) is 4. The lowest BCUT2D eigenvalue weighted by Gasteiger charge is -2.31. The first-order valence-electron chi connectivity index (χ1n) is 23.3. The number of rotatable bonds is 14. The predicted molar refractivity (Wildman–Crippen MR) is 248 cm³/mol. The molecule has 7 aromatic heterocycles. The number of anilines is 4. The fraction of sp³-hybridized carbons (Fsp3) is 0.585. The van der Waals surface area contributed by atoms with Gasteiger partial charge in [0.05, 0.1) is 50.3 Å². The number of hydrogen-bond donors (Lipinski definition) is 10. The Balaban J connectivity index is 0.690. The van der Waals surface area contributed by atoms with Crippen LogP contribution in [-0.2, 0) is 13.2 Å². The molecule has 11 rings (SSSR count). The number of fused-ring (bicyclic) bond motifs is 2. The highest BCUT2D eigenvalue weighted by atomic mass is 35.5. The van der Waals surface area contributed by atoms with Crippen molar-refractivity contribution in [2.45, 2.75) is 150 Å². The summed E-state index contributed by atoms with van der Waals surface area (Å²) in [4.78, 5) is 43.3. The van der Waals surface area contributed by atoms with Crippen molar-refractivity contribution in [1.82, 2.24) is 84.0 Å². The molecule has 0 aromatic carbocycles. The molecule has 0 bridgehead atoms. The number of hydrogen-bond acceptors (Lipinski definition) is 23. The molecule has 27 nitrogen and oxygen atoms in total. The molecule has 0 spiro atoms. The maximum absolute atomic E-state index is 11.1. The number of nitrogens with zero attached hydrogens (tertiary/aromatic N) is 17. The van der Waals surface area contributed by atoms with Crippen molar-refractivity contribution in [3.8, 4) is 0 Å². The predicted octanol–water partition coefficient (Wildman–Crippen LogP) is 1.11. The van der Waals surface area contributed by atoms with E-state index < -0.39 is 48.6 Å². The van der Waals surface area contributed by atoms with E-state index in [9.17, 15) is 30.6 Å². The number of aromatic nitrogens is 17. The highest BCUT2D eigenvalue weighted by Crippen LogP contribution is 2.42. The molecule has 4 aliphatic carbocycles. The standard InChI is InChI=1S/C41H51Cl2N21O6/c42-38-54-34(28-36(56-38)61(16-46-28)24-9-26(32(69)30(24)67)63-48-11-22(13-65)59-63)50-18-4-6-19(7-5-18)52-40-44-15-45-41(58-40)53-21-3-1-2-20(8-21)51-35-29-37(57-39(43)55-35)62(17-47-29)25-10-27(33(70)31(25)68)64-49-12-23(14-66)60-64/h11-12,15-21,24-27,30-33,65-70H,1-10,13-14H2,(H,50,54,56)(H,51,55,57)(H2,44,45,52,53,58)/t18?,19?,20-,21-,24+,25+,26-,27-,30-,31-,32+,33+/m0/s1. The largest absolute Gasteiger partial charge is 0.390 e. The molecule has 7 aromatic rings. The summed E-state index contributed by atoms with van der Waals surface area (Å²) in [5.74, 6) is 1.88. The molecule has 0 saturated heterocycles. The van der Waals surface area contributed by atoms with Crippen molar-refractivity contribution in [2.24, 2.45) is 0 Å². The molecule has 7 heterocycles. The lowest BCUT2D eigenvalue weighted by Crippen LogP contribution is -2.35. The van der Waals surface area contributed by atoms with Gasteiger partial charge in [-0.1, -0.05) is 0 Å². The van der Waals surface area contributed by atoms with E-state index in [-0.39, 0.29) is 60.8 Å². The second-order valence-corrected chi connectivity index (χ2v) is 19.2. The van der Waals surface area contributed by atoms with E-state index in [2.05, 4.69) is 81.5 Å². The SMILES string of the molecule is OCc1cnn([C@H]2C[C@@H](n3cnc4c(NC5CCC(Nc6ncnc(N[C@H]7CCC[C@H](Nc8nc(Cl)nc9c8ncn9[C@@H]8C[C@H](n9ncc(CO)n9)[C@@H](O)[C@H]8O)C7)n6)CC5)nc(Cl)nc43)[C@H](O)[C@@H]2O)n1. The first-order valence-corrected chi connectivity index (χ1v) is 24.1. The maximum Gasteiger partial charge on any atom is 0.227 e. The minimum Gasteiger partial charge on any atom is -0.390 e.